The van der Waals surface area contributed by atoms with Crippen LogP contribution in [0.1, 0.15) is 65.5 Å². The first-order chi connectivity index (χ1) is 11.3. The first-order valence-corrected chi connectivity index (χ1v) is 9.94. The SMILES string of the molecule is CC1=C(C)Cc2ccccc2C1.CCC(C)O.CCSC(=N)CC. The van der Waals surface area contributed by atoms with E-state index in [4.69, 9.17) is 10.5 Å². The van der Waals surface area contributed by atoms with Crippen LogP contribution in [0.5, 0.6) is 0 Å². The van der Waals surface area contributed by atoms with Crippen molar-refractivity contribution in [3.8, 4) is 0 Å². The van der Waals surface area contributed by atoms with Crippen molar-refractivity contribution in [3.05, 3.63) is 46.5 Å². The third kappa shape index (κ3) is 9.94. The molecule has 2 nitrogen and oxygen atoms in total. The molecule has 0 saturated heterocycles. The largest absolute Gasteiger partial charge is 0.393 e. The van der Waals surface area contributed by atoms with Crippen molar-refractivity contribution in [1.29, 1.82) is 5.41 Å². The van der Waals surface area contributed by atoms with Gasteiger partial charge in [0.05, 0.1) is 11.1 Å². The third-order valence-corrected chi connectivity index (χ3v) is 4.91. The van der Waals surface area contributed by atoms with Crippen LogP contribution < -0.4 is 0 Å². The van der Waals surface area contributed by atoms with Crippen LogP contribution in [0.15, 0.2) is 35.4 Å². The number of fused-ring (bicyclic) bond motifs is 1. The molecule has 0 aromatic heterocycles. The summed E-state index contributed by atoms with van der Waals surface area (Å²) in [6.07, 6.45) is 3.94. The zero-order valence-corrected chi connectivity index (χ0v) is 17.1. The molecule has 0 aliphatic heterocycles. The summed E-state index contributed by atoms with van der Waals surface area (Å²) in [5, 5.41) is 16.3. The highest BCUT2D eigenvalue weighted by Crippen LogP contribution is 2.24. The maximum atomic E-state index is 8.36. The summed E-state index contributed by atoms with van der Waals surface area (Å²) in [6.45, 7) is 12.3. The topological polar surface area (TPSA) is 44.1 Å². The van der Waals surface area contributed by atoms with E-state index in [0.29, 0.717) is 0 Å². The molecule has 1 aromatic carbocycles. The summed E-state index contributed by atoms with van der Waals surface area (Å²) in [4.78, 5) is 0. The second-order valence-corrected chi connectivity index (χ2v) is 7.51. The number of nitrogens with one attached hydrogen (secondary N) is 1. The smallest absolute Gasteiger partial charge is 0.0638 e. The Labute approximate surface area is 153 Å². The molecule has 0 amide bonds. The van der Waals surface area contributed by atoms with Gasteiger partial charge in [0.1, 0.15) is 0 Å². The number of aliphatic hydroxyl groups is 1. The van der Waals surface area contributed by atoms with Crippen LogP contribution >= 0.6 is 11.8 Å². The van der Waals surface area contributed by atoms with E-state index in [-0.39, 0.29) is 6.10 Å². The molecule has 1 aliphatic rings. The number of hydrogen-bond acceptors (Lipinski definition) is 3. The van der Waals surface area contributed by atoms with E-state index in [1.54, 1.807) is 29.8 Å². The standard InChI is InChI=1S/C12H14.C5H11NS.C4H10O/c1-9-7-11-5-3-4-6-12(11)8-10(9)2;1-3-5(6)7-4-2;1-3-4(2)5/h3-6H,7-8H2,1-2H3;6H,3-4H2,1-2H3;4-5H,3H2,1-2H3. The lowest BCUT2D eigenvalue weighted by Crippen LogP contribution is -2.04. The van der Waals surface area contributed by atoms with Gasteiger partial charge in [-0.05, 0) is 63.3 Å². The fourth-order valence-electron chi connectivity index (χ4n) is 2.05. The van der Waals surface area contributed by atoms with E-state index < -0.39 is 0 Å². The van der Waals surface area contributed by atoms with Gasteiger partial charge in [0.25, 0.3) is 0 Å². The molecule has 1 aliphatic carbocycles. The summed E-state index contributed by atoms with van der Waals surface area (Å²) in [5.74, 6) is 1.03. The van der Waals surface area contributed by atoms with Crippen molar-refractivity contribution in [2.24, 2.45) is 0 Å². The summed E-state index contributed by atoms with van der Waals surface area (Å²) in [6, 6.07) is 8.75. The van der Waals surface area contributed by atoms with Crippen molar-refractivity contribution in [1.82, 2.24) is 0 Å². The van der Waals surface area contributed by atoms with E-state index in [0.717, 1.165) is 36.5 Å². The Morgan fingerprint density at radius 1 is 1.08 bits per heavy atom. The van der Waals surface area contributed by atoms with E-state index in [1.807, 2.05) is 13.8 Å². The molecule has 0 heterocycles. The lowest BCUT2D eigenvalue weighted by Gasteiger charge is -2.18. The van der Waals surface area contributed by atoms with Crippen LogP contribution in [-0.2, 0) is 12.8 Å². The summed E-state index contributed by atoms with van der Waals surface area (Å²) < 4.78 is 0. The minimum absolute atomic E-state index is 0.116. The van der Waals surface area contributed by atoms with Crippen LogP contribution in [-0.4, -0.2) is 22.0 Å². The number of thioether (sulfide) groups is 1. The van der Waals surface area contributed by atoms with Crippen LogP contribution in [0.4, 0.5) is 0 Å². The average Bonchev–Trinajstić information content (AvgIpc) is 2.57. The van der Waals surface area contributed by atoms with Crippen LogP contribution in [0.3, 0.4) is 0 Å². The summed E-state index contributed by atoms with van der Waals surface area (Å²) in [5.41, 5.74) is 6.13. The molecule has 0 saturated carbocycles. The lowest BCUT2D eigenvalue weighted by molar-refractivity contribution is 0.191. The van der Waals surface area contributed by atoms with Gasteiger partial charge < -0.3 is 5.11 Å². The predicted octanol–water partition coefficient (Wildman–Crippen LogP) is 6.03. The second kappa shape index (κ2) is 13.3. The highest BCUT2D eigenvalue weighted by Gasteiger charge is 2.10. The Hall–Kier alpha value is -1.06. The number of aliphatic hydroxyl groups excluding tert-OH is 1. The van der Waals surface area contributed by atoms with Crippen LogP contribution in [0, 0.1) is 5.41 Å². The molecule has 1 aromatic rings. The quantitative estimate of drug-likeness (QED) is 0.398. The van der Waals surface area contributed by atoms with Gasteiger partial charge in [-0.15, -0.1) is 11.8 Å². The maximum Gasteiger partial charge on any atom is 0.0638 e. The lowest BCUT2D eigenvalue weighted by atomic mass is 9.88. The van der Waals surface area contributed by atoms with Gasteiger partial charge in [-0.2, -0.15) is 0 Å². The van der Waals surface area contributed by atoms with Crippen molar-refractivity contribution < 1.29 is 5.11 Å². The first-order valence-electron chi connectivity index (χ1n) is 8.95. The predicted molar refractivity (Wildman–Crippen MR) is 110 cm³/mol. The van der Waals surface area contributed by atoms with Gasteiger partial charge in [0.2, 0.25) is 0 Å². The van der Waals surface area contributed by atoms with Crippen LogP contribution in [0.25, 0.3) is 0 Å². The Bertz CT molecular complexity index is 487. The van der Waals surface area contributed by atoms with E-state index in [9.17, 15) is 0 Å². The Morgan fingerprint density at radius 2 is 1.50 bits per heavy atom. The zero-order chi connectivity index (χ0) is 18.5. The van der Waals surface area contributed by atoms with Gasteiger partial charge in [0, 0.05) is 0 Å². The number of rotatable bonds is 3. The van der Waals surface area contributed by atoms with Crippen molar-refractivity contribution >= 4 is 16.8 Å². The van der Waals surface area contributed by atoms with E-state index in [1.165, 1.54) is 11.1 Å². The minimum atomic E-state index is -0.116. The van der Waals surface area contributed by atoms with Crippen molar-refractivity contribution in [2.75, 3.05) is 5.75 Å². The fourth-order valence-corrected chi connectivity index (χ4v) is 2.60. The number of benzene rings is 1. The normalized spacial score (nSPS) is 13.8. The van der Waals surface area contributed by atoms with Gasteiger partial charge in [0.15, 0.2) is 0 Å². The molecule has 1 unspecified atom stereocenters. The molecule has 1 atom stereocenters. The Kier molecular flexibility index (Phi) is 12.7. The molecule has 0 bridgehead atoms. The monoisotopic (exact) mass is 349 g/mol. The number of allylic oxidation sites excluding steroid dienone is 2. The summed E-state index contributed by atoms with van der Waals surface area (Å²) >= 11 is 1.61. The zero-order valence-electron chi connectivity index (χ0n) is 16.3. The fraction of sp³-hybridized carbons (Fsp3) is 0.571. The van der Waals surface area contributed by atoms with Crippen LogP contribution in [0.2, 0.25) is 0 Å². The van der Waals surface area contributed by atoms with Gasteiger partial charge in [-0.1, -0.05) is 56.2 Å². The summed E-state index contributed by atoms with van der Waals surface area (Å²) in [7, 11) is 0. The molecule has 0 spiro atoms. The van der Waals surface area contributed by atoms with Gasteiger partial charge in [-0.25, -0.2) is 0 Å². The first kappa shape index (κ1) is 22.9. The van der Waals surface area contributed by atoms with Gasteiger partial charge >= 0.3 is 0 Å². The highest BCUT2D eigenvalue weighted by atomic mass is 32.2. The Morgan fingerprint density at radius 3 is 1.75 bits per heavy atom. The average molecular weight is 350 g/mol. The van der Waals surface area contributed by atoms with Gasteiger partial charge in [-0.3, -0.25) is 5.41 Å². The highest BCUT2D eigenvalue weighted by molar-refractivity contribution is 8.13. The van der Waals surface area contributed by atoms with Crippen molar-refractivity contribution in [3.63, 3.8) is 0 Å². The molecule has 3 heteroatoms. The van der Waals surface area contributed by atoms with E-state index >= 15 is 0 Å². The molecule has 2 rings (SSSR count). The van der Waals surface area contributed by atoms with E-state index in [2.05, 4.69) is 45.0 Å². The third-order valence-electron chi connectivity index (χ3n) is 3.99. The number of hydrogen-bond donors (Lipinski definition) is 2. The molecule has 0 radical (unpaired) electrons. The Balaban J connectivity index is 0.000000379. The molecule has 2 N–H and O–H groups in total. The van der Waals surface area contributed by atoms with Crippen molar-refractivity contribution in [2.45, 2.75) is 73.3 Å². The molecular weight excluding hydrogens is 314 g/mol. The maximum absolute atomic E-state index is 8.36. The second-order valence-electron chi connectivity index (χ2n) is 6.15. The molecule has 136 valence electrons. The molecular formula is C21H35NOS. The molecule has 0 fully saturated rings. The minimum Gasteiger partial charge on any atom is -0.393 e. The molecule has 24 heavy (non-hydrogen) atoms.